The maximum atomic E-state index is 12.0. The fourth-order valence-electron chi connectivity index (χ4n) is 2.45. The number of aryl methyl sites for hydroxylation is 1. The summed E-state index contributed by atoms with van der Waals surface area (Å²) in [5, 5.41) is 0. The molecule has 0 aromatic carbocycles. The lowest BCUT2D eigenvalue weighted by atomic mass is 10.2. The summed E-state index contributed by atoms with van der Waals surface area (Å²) >= 11 is 0. The molecule has 1 N–H and O–H groups in total. The van der Waals surface area contributed by atoms with Crippen LogP contribution in [0.2, 0.25) is 0 Å². The predicted octanol–water partition coefficient (Wildman–Crippen LogP) is 1.78. The number of sulfonamides is 1. The van der Waals surface area contributed by atoms with Crippen molar-refractivity contribution in [3.63, 3.8) is 0 Å². The molecule has 0 radical (unpaired) electrons. The molecule has 2 aromatic heterocycles. The van der Waals surface area contributed by atoms with Crippen LogP contribution in [0.3, 0.4) is 0 Å². The molecule has 2 aromatic rings. The molecule has 0 saturated heterocycles. The maximum absolute atomic E-state index is 12.0. The number of aromatic nitrogens is 2. The minimum Gasteiger partial charge on any atom is -0.381 e. The van der Waals surface area contributed by atoms with Gasteiger partial charge in [-0.15, -0.1) is 0 Å². The van der Waals surface area contributed by atoms with E-state index in [4.69, 9.17) is 4.74 Å². The highest BCUT2D eigenvalue weighted by Gasteiger charge is 2.15. The highest BCUT2D eigenvalue weighted by atomic mass is 32.2. The zero-order chi connectivity index (χ0) is 16.9. The van der Waals surface area contributed by atoms with E-state index in [2.05, 4.69) is 9.71 Å². The number of hydrogen-bond donors (Lipinski definition) is 1. The first kappa shape index (κ1) is 17.9. The van der Waals surface area contributed by atoms with Crippen LogP contribution < -0.4 is 4.72 Å². The van der Waals surface area contributed by atoms with E-state index < -0.39 is 10.0 Å². The molecule has 7 heteroatoms. The van der Waals surface area contributed by atoms with Gasteiger partial charge in [-0.1, -0.05) is 13.0 Å². The second kappa shape index (κ2) is 7.90. The Morgan fingerprint density at radius 3 is 2.87 bits per heavy atom. The lowest BCUT2D eigenvalue weighted by Crippen LogP contribution is -2.32. The average molecular weight is 339 g/mol. The van der Waals surface area contributed by atoms with Gasteiger partial charge in [0.05, 0.1) is 18.1 Å². The molecule has 0 fully saturated rings. The Morgan fingerprint density at radius 2 is 2.17 bits per heavy atom. The molecule has 2 heterocycles. The van der Waals surface area contributed by atoms with E-state index >= 15 is 0 Å². The molecule has 0 aliphatic carbocycles. The van der Waals surface area contributed by atoms with E-state index in [-0.39, 0.29) is 11.7 Å². The van der Waals surface area contributed by atoms with Crippen molar-refractivity contribution in [3.8, 4) is 0 Å². The monoisotopic (exact) mass is 339 g/mol. The van der Waals surface area contributed by atoms with Crippen LogP contribution in [0.15, 0.2) is 24.4 Å². The number of fused-ring (bicyclic) bond motifs is 1. The number of imidazole rings is 1. The Balaban J connectivity index is 1.86. The van der Waals surface area contributed by atoms with Gasteiger partial charge in [0, 0.05) is 31.5 Å². The lowest BCUT2D eigenvalue weighted by Gasteiger charge is -2.12. The van der Waals surface area contributed by atoms with Gasteiger partial charge in [0.1, 0.15) is 5.65 Å². The SMILES string of the molecule is CCOCC(C)CS(=O)(=O)NCCc1cn2c(C)cccc2n1. The average Bonchev–Trinajstić information content (AvgIpc) is 2.89. The van der Waals surface area contributed by atoms with Gasteiger partial charge in [-0.2, -0.15) is 0 Å². The third-order valence-corrected chi connectivity index (χ3v) is 5.21. The summed E-state index contributed by atoms with van der Waals surface area (Å²) in [5.41, 5.74) is 2.86. The van der Waals surface area contributed by atoms with Crippen molar-refractivity contribution in [3.05, 3.63) is 35.8 Å². The molecule has 0 amide bonds. The van der Waals surface area contributed by atoms with Crippen LogP contribution in [-0.4, -0.2) is 43.3 Å². The van der Waals surface area contributed by atoms with E-state index in [1.165, 1.54) is 0 Å². The summed E-state index contributed by atoms with van der Waals surface area (Å²) in [6.45, 7) is 7.21. The van der Waals surface area contributed by atoms with Gasteiger partial charge >= 0.3 is 0 Å². The molecule has 0 saturated carbocycles. The third-order valence-electron chi connectivity index (χ3n) is 3.56. The van der Waals surface area contributed by atoms with E-state index in [1.54, 1.807) is 0 Å². The van der Waals surface area contributed by atoms with Crippen LogP contribution in [0.1, 0.15) is 25.2 Å². The van der Waals surface area contributed by atoms with Gasteiger partial charge in [-0.3, -0.25) is 0 Å². The fraction of sp³-hybridized carbons (Fsp3) is 0.562. The van der Waals surface area contributed by atoms with E-state index in [0.29, 0.717) is 26.2 Å². The summed E-state index contributed by atoms with van der Waals surface area (Å²) in [7, 11) is -3.28. The Morgan fingerprint density at radius 1 is 1.39 bits per heavy atom. The van der Waals surface area contributed by atoms with Crippen molar-refractivity contribution < 1.29 is 13.2 Å². The fourth-order valence-corrected chi connectivity index (χ4v) is 3.83. The summed E-state index contributed by atoms with van der Waals surface area (Å²) in [6.07, 6.45) is 2.52. The second-order valence-electron chi connectivity index (χ2n) is 5.82. The zero-order valence-corrected chi connectivity index (χ0v) is 14.8. The molecule has 0 bridgehead atoms. The molecule has 2 rings (SSSR count). The van der Waals surface area contributed by atoms with Crippen LogP contribution >= 0.6 is 0 Å². The van der Waals surface area contributed by atoms with E-state index in [9.17, 15) is 8.42 Å². The van der Waals surface area contributed by atoms with Crippen molar-refractivity contribution in [2.24, 2.45) is 5.92 Å². The number of ether oxygens (including phenoxy) is 1. The van der Waals surface area contributed by atoms with E-state index in [0.717, 1.165) is 17.0 Å². The van der Waals surface area contributed by atoms with Gasteiger partial charge in [-0.25, -0.2) is 18.1 Å². The molecule has 23 heavy (non-hydrogen) atoms. The topological polar surface area (TPSA) is 72.7 Å². The van der Waals surface area contributed by atoms with Crippen molar-refractivity contribution in [2.75, 3.05) is 25.5 Å². The maximum Gasteiger partial charge on any atom is 0.211 e. The largest absolute Gasteiger partial charge is 0.381 e. The molecule has 1 atom stereocenters. The number of pyridine rings is 1. The Hall–Kier alpha value is -1.44. The summed E-state index contributed by atoms with van der Waals surface area (Å²) in [5.74, 6) is 0.0578. The normalized spacial score (nSPS) is 13.5. The number of rotatable bonds is 9. The summed E-state index contributed by atoms with van der Waals surface area (Å²) in [4.78, 5) is 4.50. The molecule has 1 unspecified atom stereocenters. The summed E-state index contributed by atoms with van der Waals surface area (Å²) < 4.78 is 34.0. The molecule has 0 aliphatic rings. The molecule has 6 nitrogen and oxygen atoms in total. The Labute approximate surface area is 137 Å². The third kappa shape index (κ3) is 5.30. The zero-order valence-electron chi connectivity index (χ0n) is 13.9. The van der Waals surface area contributed by atoms with Gasteiger partial charge < -0.3 is 9.14 Å². The van der Waals surface area contributed by atoms with Crippen LogP contribution in [0.25, 0.3) is 5.65 Å². The molecule has 0 spiro atoms. The number of nitrogens with one attached hydrogen (secondary N) is 1. The first-order chi connectivity index (χ1) is 10.9. The van der Waals surface area contributed by atoms with Gasteiger partial charge in [-0.05, 0) is 31.9 Å². The first-order valence-corrected chi connectivity index (χ1v) is 9.55. The van der Waals surface area contributed by atoms with E-state index in [1.807, 2.05) is 49.6 Å². The van der Waals surface area contributed by atoms with Crippen LogP contribution in [-0.2, 0) is 21.2 Å². The molecular weight excluding hydrogens is 314 g/mol. The lowest BCUT2D eigenvalue weighted by molar-refractivity contribution is 0.122. The quantitative estimate of drug-likeness (QED) is 0.756. The van der Waals surface area contributed by atoms with Gasteiger partial charge in [0.15, 0.2) is 0 Å². The van der Waals surface area contributed by atoms with Crippen molar-refractivity contribution in [1.82, 2.24) is 14.1 Å². The van der Waals surface area contributed by atoms with Crippen LogP contribution in [0.5, 0.6) is 0 Å². The second-order valence-corrected chi connectivity index (χ2v) is 7.67. The van der Waals surface area contributed by atoms with Crippen molar-refractivity contribution in [1.29, 1.82) is 0 Å². The van der Waals surface area contributed by atoms with Gasteiger partial charge in [0.2, 0.25) is 10.0 Å². The van der Waals surface area contributed by atoms with Crippen molar-refractivity contribution in [2.45, 2.75) is 27.2 Å². The van der Waals surface area contributed by atoms with Crippen LogP contribution in [0, 0.1) is 12.8 Å². The standard InChI is InChI=1S/C16H25N3O3S/c1-4-22-11-13(2)12-23(20,21)17-9-8-15-10-19-14(3)6-5-7-16(19)18-15/h5-7,10,13,17H,4,8-9,11-12H2,1-3H3. The number of nitrogens with zero attached hydrogens (tertiary/aromatic N) is 2. The smallest absolute Gasteiger partial charge is 0.211 e. The minimum atomic E-state index is -3.28. The molecule has 128 valence electrons. The highest BCUT2D eigenvalue weighted by molar-refractivity contribution is 7.89. The van der Waals surface area contributed by atoms with Crippen molar-refractivity contribution >= 4 is 15.7 Å². The highest BCUT2D eigenvalue weighted by Crippen LogP contribution is 2.09. The minimum absolute atomic E-state index is 0.0229. The first-order valence-electron chi connectivity index (χ1n) is 7.90. The molecular formula is C16H25N3O3S. The Kier molecular flexibility index (Phi) is 6.15. The van der Waals surface area contributed by atoms with Crippen LogP contribution in [0.4, 0.5) is 0 Å². The summed E-state index contributed by atoms with van der Waals surface area (Å²) in [6, 6.07) is 5.92. The Bertz CT molecular complexity index is 740. The number of hydrogen-bond acceptors (Lipinski definition) is 4. The predicted molar refractivity (Wildman–Crippen MR) is 91.1 cm³/mol. The van der Waals surface area contributed by atoms with Gasteiger partial charge in [0.25, 0.3) is 0 Å². The molecule has 0 aliphatic heterocycles.